The molecule has 6 aromatic rings. The minimum Gasteiger partial charge on any atom is -0.493 e. The van der Waals surface area contributed by atoms with Crippen molar-refractivity contribution in [2.24, 2.45) is 0 Å². The summed E-state index contributed by atoms with van der Waals surface area (Å²) >= 11 is 2.18. The van der Waals surface area contributed by atoms with Crippen molar-refractivity contribution in [2.75, 3.05) is 69.2 Å². The second-order valence-corrected chi connectivity index (χ2v) is 22.1. The van der Waals surface area contributed by atoms with E-state index in [0.29, 0.717) is 55.2 Å². The number of fused-ring (bicyclic) bond motifs is 4. The fraction of sp³-hybridized carbons (Fsp3) is 0.440. The van der Waals surface area contributed by atoms with E-state index in [-0.39, 0.29) is 71.9 Å². The first-order valence-corrected chi connectivity index (χ1v) is 26.8. The maximum Gasteiger partial charge on any atom is 0.534 e. The van der Waals surface area contributed by atoms with Crippen LogP contribution in [0.2, 0.25) is 0 Å². The molecule has 1 saturated carbocycles. The third kappa shape index (κ3) is 12.0. The van der Waals surface area contributed by atoms with Crippen LogP contribution >= 0.6 is 22.7 Å². The summed E-state index contributed by atoms with van der Waals surface area (Å²) in [4.78, 5) is 41.6. The molecule has 2 N–H and O–H groups in total. The van der Waals surface area contributed by atoms with Crippen LogP contribution in [0, 0.1) is 0 Å². The molecule has 3 aliphatic heterocycles. The predicted octanol–water partition coefficient (Wildman–Crippen LogP) is 11.3. The molecule has 0 bridgehead atoms. The Labute approximate surface area is 430 Å². The van der Waals surface area contributed by atoms with Crippen molar-refractivity contribution in [3.8, 4) is 17.2 Å². The van der Waals surface area contributed by atoms with Crippen LogP contribution in [-0.4, -0.2) is 102 Å². The molecule has 0 radical (unpaired) electrons. The van der Waals surface area contributed by atoms with Gasteiger partial charge >= 0.3 is 15.6 Å². The van der Waals surface area contributed by atoms with Gasteiger partial charge in [0, 0.05) is 109 Å². The summed E-state index contributed by atoms with van der Waals surface area (Å²) in [7, 11) is 1.17. The van der Waals surface area contributed by atoms with E-state index in [4.69, 9.17) is 9.47 Å². The molecule has 0 unspecified atom stereocenters. The number of ether oxygens (including phenoxy) is 2. The topological polar surface area (TPSA) is 156 Å². The molecule has 14 nitrogen and oxygen atoms in total. The number of carbonyl (C=O) groups is 2. The molecule has 24 heteroatoms. The number of halogens is 7. The Hall–Kier alpha value is -6.14. The van der Waals surface area contributed by atoms with Gasteiger partial charge in [-0.25, -0.2) is 17.6 Å². The fourth-order valence-corrected chi connectivity index (χ4v) is 12.1. The number of pyridine rings is 2. The molecule has 398 valence electrons. The molecule has 0 spiro atoms. The normalized spacial score (nSPS) is 18.9. The van der Waals surface area contributed by atoms with E-state index < -0.39 is 39.1 Å². The maximum atomic E-state index is 13.7. The van der Waals surface area contributed by atoms with Gasteiger partial charge in [-0.1, -0.05) is 42.8 Å². The van der Waals surface area contributed by atoms with Crippen LogP contribution in [0.5, 0.6) is 17.2 Å². The van der Waals surface area contributed by atoms with E-state index >= 15 is 0 Å². The Bertz CT molecular complexity index is 3100. The summed E-state index contributed by atoms with van der Waals surface area (Å²) in [6.07, 6.45) is 6.37. The van der Waals surface area contributed by atoms with Crippen LogP contribution in [0.4, 0.5) is 47.8 Å². The average molecular weight is 1090 g/mol. The number of carbonyl (C=O) groups excluding carboxylic acids is 2. The summed E-state index contributed by atoms with van der Waals surface area (Å²) in [6.45, 7) is 1.51. The van der Waals surface area contributed by atoms with Crippen LogP contribution in [0.3, 0.4) is 0 Å². The molecular weight excluding hydrogens is 1040 g/mol. The number of piperidine rings is 1. The molecule has 74 heavy (non-hydrogen) atoms. The van der Waals surface area contributed by atoms with Gasteiger partial charge in [0.15, 0.2) is 5.75 Å². The van der Waals surface area contributed by atoms with Crippen molar-refractivity contribution in [1.82, 2.24) is 20.6 Å². The van der Waals surface area contributed by atoms with E-state index in [1.807, 2.05) is 72.4 Å². The van der Waals surface area contributed by atoms with Crippen LogP contribution < -0.4 is 39.0 Å². The quantitative estimate of drug-likeness (QED) is 0.0804. The largest absolute Gasteiger partial charge is 0.534 e. The van der Waals surface area contributed by atoms with E-state index in [2.05, 4.69) is 24.8 Å². The minimum absolute atomic E-state index is 0.00607. The van der Waals surface area contributed by atoms with Crippen molar-refractivity contribution >= 4 is 82.1 Å². The SMILES string of the molecule is CN(C)c1c(C(=O)N[C@H]2CCOc3ccccc32)sc2c(N3CCC(F)(F)CC3)ccnc12.CN(C)c1c(C(=O)N[C@H]2CCOc3ccccc32)sc2c(OS(=O)(=O)C(F)(F)F)ccnc12.FC1(F)CCCCC1. The highest BCUT2D eigenvalue weighted by Crippen LogP contribution is 2.45. The minimum atomic E-state index is -5.89. The van der Waals surface area contributed by atoms with Gasteiger partial charge in [-0.15, -0.1) is 22.7 Å². The van der Waals surface area contributed by atoms with Crippen LogP contribution in [0.1, 0.15) is 100 Å². The molecule has 1 aliphatic carbocycles. The standard InChI is InChI=1S/C24H26F2N4O2S.C20H18F3N3O5S2.C6H10F2/c1-29(2)20-19-21(17(7-11-27-19)30-12-9-24(25,26)10-13-30)33-22(20)23(31)28-16-8-14-32-18-6-4-3-5-15(16)18;1-26(2)16-15-17(14(7-9-24-15)31-33(28,29)20(21,22)23)32-18(16)19(27)25-12-8-10-30-13-6-4-3-5-11(12)13;7-6(8)4-2-1-3-5-6/h3-7,11,16H,8-10,12-14H2,1-2H3,(H,28,31);3-7,9,12H,8,10H2,1-2H3,(H,25,27);1-5H2/t16-;12-;/m00./s1. The summed E-state index contributed by atoms with van der Waals surface area (Å²) in [5.74, 6) is -4.68. The predicted molar refractivity (Wildman–Crippen MR) is 271 cm³/mol. The Kier molecular flexibility index (Phi) is 16.1. The zero-order valence-corrected chi connectivity index (χ0v) is 43.2. The van der Waals surface area contributed by atoms with E-state index in [9.17, 15) is 48.7 Å². The molecule has 2 aromatic carbocycles. The van der Waals surface area contributed by atoms with Gasteiger partial charge < -0.3 is 39.0 Å². The summed E-state index contributed by atoms with van der Waals surface area (Å²) in [5, 5.41) is 6.12. The molecule has 7 heterocycles. The molecular formula is C50H54F7N7O7S3. The van der Waals surface area contributed by atoms with Crippen molar-refractivity contribution in [2.45, 2.75) is 87.2 Å². The Morgan fingerprint density at radius 3 is 1.62 bits per heavy atom. The number of benzene rings is 2. The average Bonchev–Trinajstić information content (AvgIpc) is 3.96. The summed E-state index contributed by atoms with van der Waals surface area (Å²) < 4.78 is 130. The number of alkyl halides is 7. The van der Waals surface area contributed by atoms with Crippen LogP contribution in [-0.2, 0) is 10.1 Å². The lowest BCUT2D eigenvalue weighted by atomic mass is 9.97. The van der Waals surface area contributed by atoms with Crippen molar-refractivity contribution in [3.05, 3.63) is 93.9 Å². The maximum absolute atomic E-state index is 13.7. The van der Waals surface area contributed by atoms with Crippen LogP contribution in [0.25, 0.3) is 20.4 Å². The van der Waals surface area contributed by atoms with Gasteiger partial charge in [-0.2, -0.15) is 21.6 Å². The lowest BCUT2D eigenvalue weighted by molar-refractivity contribution is -0.0499. The van der Waals surface area contributed by atoms with Crippen molar-refractivity contribution in [3.63, 3.8) is 0 Å². The Morgan fingerprint density at radius 2 is 1.15 bits per heavy atom. The van der Waals surface area contributed by atoms with Gasteiger partial charge in [0.1, 0.15) is 32.3 Å². The number of nitrogens with one attached hydrogen (secondary N) is 2. The first kappa shape index (κ1) is 54.1. The van der Waals surface area contributed by atoms with Gasteiger partial charge in [0.25, 0.3) is 17.7 Å². The van der Waals surface area contributed by atoms with Crippen molar-refractivity contribution < 1.29 is 62.4 Å². The van der Waals surface area contributed by atoms with Gasteiger partial charge in [0.2, 0.25) is 5.92 Å². The summed E-state index contributed by atoms with van der Waals surface area (Å²) in [6, 6.07) is 17.4. The monoisotopic (exact) mass is 1090 g/mol. The fourth-order valence-electron chi connectivity index (χ4n) is 9.11. The second kappa shape index (κ2) is 22.0. The first-order chi connectivity index (χ1) is 35.0. The van der Waals surface area contributed by atoms with Gasteiger partial charge in [0.05, 0.1) is 51.8 Å². The molecule has 10 rings (SSSR count). The number of aromatic nitrogens is 2. The lowest BCUT2D eigenvalue weighted by Gasteiger charge is -2.33. The van der Waals surface area contributed by atoms with E-state index in [1.54, 1.807) is 31.3 Å². The molecule has 1 saturated heterocycles. The lowest BCUT2D eigenvalue weighted by Crippen LogP contribution is -2.39. The number of para-hydroxylation sites is 2. The zero-order valence-electron chi connectivity index (χ0n) is 40.7. The number of rotatable bonds is 9. The highest BCUT2D eigenvalue weighted by molar-refractivity contribution is 7.88. The highest BCUT2D eigenvalue weighted by atomic mass is 32.2. The Morgan fingerprint density at radius 1 is 0.689 bits per heavy atom. The number of amides is 2. The molecule has 4 aliphatic rings. The third-order valence-corrected chi connectivity index (χ3v) is 16.1. The molecule has 4 aromatic heterocycles. The number of thiophene rings is 2. The van der Waals surface area contributed by atoms with Crippen LogP contribution in [0.15, 0.2) is 73.1 Å². The summed E-state index contributed by atoms with van der Waals surface area (Å²) in [5.41, 5.74) is -1.00. The van der Waals surface area contributed by atoms with E-state index in [0.717, 1.165) is 68.5 Å². The van der Waals surface area contributed by atoms with Gasteiger partial charge in [-0.05, 0) is 31.0 Å². The first-order valence-electron chi connectivity index (χ1n) is 23.8. The van der Waals surface area contributed by atoms with E-state index in [1.165, 1.54) is 11.3 Å². The Balaban J connectivity index is 0.000000171. The number of anilines is 3. The highest BCUT2D eigenvalue weighted by Gasteiger charge is 2.49. The number of nitrogens with zero attached hydrogens (tertiary/aromatic N) is 5. The molecule has 2 amide bonds. The van der Waals surface area contributed by atoms with Gasteiger partial charge in [-0.3, -0.25) is 19.6 Å². The molecule has 2 fully saturated rings. The van der Waals surface area contributed by atoms with Crippen molar-refractivity contribution in [1.29, 1.82) is 0 Å². The zero-order chi connectivity index (χ0) is 53.2. The smallest absolute Gasteiger partial charge is 0.493 e. The third-order valence-electron chi connectivity index (χ3n) is 12.8. The second-order valence-electron chi connectivity index (χ2n) is 18.5. The number of hydrogen-bond donors (Lipinski definition) is 2. The molecule has 2 atom stereocenters. The number of hydrogen-bond acceptors (Lipinski definition) is 14.